The maximum absolute atomic E-state index is 7.05. The molecule has 2 aliphatic rings. The van der Waals surface area contributed by atoms with Crippen LogP contribution in [0.3, 0.4) is 0 Å². The van der Waals surface area contributed by atoms with Gasteiger partial charge in [-0.3, -0.25) is 0 Å². The number of ether oxygens (including phenoxy) is 1. The second-order valence-corrected chi connectivity index (χ2v) is 15.8. The van der Waals surface area contributed by atoms with Crippen molar-refractivity contribution in [3.8, 4) is 33.8 Å². The summed E-state index contributed by atoms with van der Waals surface area (Å²) in [6.07, 6.45) is 0.742. The second-order valence-electron chi connectivity index (χ2n) is 14.8. The van der Waals surface area contributed by atoms with Crippen molar-refractivity contribution in [2.45, 2.75) is 11.8 Å². The topological polar surface area (TPSA) is 9.23 Å². The zero-order valence-electron chi connectivity index (χ0n) is 29.3. The van der Waals surface area contributed by atoms with Crippen LogP contribution in [0.25, 0.3) is 64.0 Å². The summed E-state index contributed by atoms with van der Waals surface area (Å²) in [5.41, 5.74) is 12.1. The summed E-state index contributed by atoms with van der Waals surface area (Å²) in [6, 6.07) is 67.3. The number of hydrogen-bond acceptors (Lipinski definition) is 2. The molecule has 1 aliphatic carbocycles. The van der Waals surface area contributed by atoms with Crippen molar-refractivity contribution < 1.29 is 4.74 Å². The first-order valence-corrected chi connectivity index (χ1v) is 19.5. The van der Waals surface area contributed by atoms with Crippen LogP contribution in [0.5, 0.6) is 11.5 Å². The lowest BCUT2D eigenvalue weighted by Crippen LogP contribution is -2.32. The Hall–Kier alpha value is -6.48. The van der Waals surface area contributed by atoms with Crippen LogP contribution in [0.15, 0.2) is 182 Å². The second kappa shape index (κ2) is 11.3. The maximum atomic E-state index is 7.05. The third-order valence-electron chi connectivity index (χ3n) is 11.9. The van der Waals surface area contributed by atoms with E-state index < -0.39 is 5.41 Å². The van der Waals surface area contributed by atoms with Crippen LogP contribution < -0.4 is 4.74 Å². The van der Waals surface area contributed by atoms with E-state index in [1.165, 1.54) is 97.4 Å². The first-order valence-electron chi connectivity index (χ1n) is 18.7. The van der Waals surface area contributed by atoms with Crippen molar-refractivity contribution in [1.29, 1.82) is 0 Å². The smallest absolute Gasteiger partial charge is 0.135 e. The van der Waals surface area contributed by atoms with E-state index in [4.69, 9.17) is 4.74 Å². The van der Waals surface area contributed by atoms with Crippen LogP contribution in [0.2, 0.25) is 0 Å². The van der Waals surface area contributed by atoms with Crippen LogP contribution in [-0.2, 0) is 11.8 Å². The molecule has 2 heterocycles. The molecule has 0 saturated carbocycles. The van der Waals surface area contributed by atoms with Crippen LogP contribution >= 0.6 is 11.3 Å². The summed E-state index contributed by atoms with van der Waals surface area (Å²) in [6.45, 7) is 0. The zero-order valence-corrected chi connectivity index (χ0v) is 30.2. The Balaban J connectivity index is 1.10. The Morgan fingerprint density at radius 2 is 1.07 bits per heavy atom. The van der Waals surface area contributed by atoms with Gasteiger partial charge < -0.3 is 4.74 Å². The fourth-order valence-corrected chi connectivity index (χ4v) is 10.8. The monoisotopic (exact) mass is 704 g/mol. The van der Waals surface area contributed by atoms with Gasteiger partial charge in [-0.1, -0.05) is 146 Å². The molecule has 9 aromatic carbocycles. The highest BCUT2D eigenvalue weighted by Crippen LogP contribution is 2.62. The van der Waals surface area contributed by atoms with Gasteiger partial charge in [0.1, 0.15) is 11.5 Å². The molecule has 1 aromatic heterocycles. The van der Waals surface area contributed by atoms with Gasteiger partial charge in [-0.15, -0.1) is 11.3 Å². The highest BCUT2D eigenvalue weighted by atomic mass is 32.1. The molecular formula is C52H32OS. The summed E-state index contributed by atoms with van der Waals surface area (Å²) < 4.78 is 9.70. The quantitative estimate of drug-likeness (QED) is 0.178. The number of thiophene rings is 1. The molecule has 12 rings (SSSR count). The molecule has 1 spiro atoms. The third-order valence-corrected chi connectivity index (χ3v) is 13.1. The predicted octanol–water partition coefficient (Wildman–Crippen LogP) is 14.1. The van der Waals surface area contributed by atoms with Crippen molar-refractivity contribution in [3.05, 3.63) is 215 Å². The minimum absolute atomic E-state index is 0.474. The zero-order chi connectivity index (χ0) is 35.4. The first-order chi connectivity index (χ1) is 26.7. The Bertz CT molecular complexity index is 3140. The fourth-order valence-electron chi connectivity index (χ4n) is 9.59. The molecule has 0 N–H and O–H groups in total. The van der Waals surface area contributed by atoms with E-state index in [2.05, 4.69) is 182 Å². The molecule has 1 nitrogen and oxygen atoms in total. The van der Waals surface area contributed by atoms with Crippen molar-refractivity contribution >= 4 is 53.1 Å². The molecule has 0 unspecified atom stereocenters. The van der Waals surface area contributed by atoms with Crippen molar-refractivity contribution in [2.24, 2.45) is 0 Å². The van der Waals surface area contributed by atoms with E-state index in [0.717, 1.165) is 17.9 Å². The molecule has 0 bridgehead atoms. The van der Waals surface area contributed by atoms with E-state index in [1.807, 2.05) is 11.3 Å². The summed E-state index contributed by atoms with van der Waals surface area (Å²) in [7, 11) is 0. The lowest BCUT2D eigenvalue weighted by atomic mass is 9.65. The minimum Gasteiger partial charge on any atom is -0.456 e. The highest BCUT2D eigenvalue weighted by Gasteiger charge is 2.51. The average Bonchev–Trinajstić information content (AvgIpc) is 3.73. The van der Waals surface area contributed by atoms with Gasteiger partial charge in [-0.25, -0.2) is 0 Å². The van der Waals surface area contributed by atoms with Gasteiger partial charge in [0.15, 0.2) is 0 Å². The molecular weight excluding hydrogens is 673 g/mol. The average molecular weight is 705 g/mol. The maximum Gasteiger partial charge on any atom is 0.135 e. The van der Waals surface area contributed by atoms with E-state index >= 15 is 0 Å². The normalized spacial score (nSPS) is 13.6. The van der Waals surface area contributed by atoms with Crippen molar-refractivity contribution in [1.82, 2.24) is 0 Å². The number of rotatable bonds is 3. The Kier molecular flexibility index (Phi) is 6.26. The van der Waals surface area contributed by atoms with E-state index in [-0.39, 0.29) is 0 Å². The largest absolute Gasteiger partial charge is 0.456 e. The molecule has 2 heteroatoms. The molecule has 0 saturated heterocycles. The Morgan fingerprint density at radius 1 is 0.444 bits per heavy atom. The van der Waals surface area contributed by atoms with Crippen LogP contribution in [0, 0.1) is 0 Å². The Morgan fingerprint density at radius 3 is 1.85 bits per heavy atom. The number of para-hydroxylation sites is 2. The minimum atomic E-state index is -0.474. The SMILES string of the molecule is c1ccc2c(c1)Oc1c(Cc3cc(-c4ccc5ccccc5c4)c4sc5cc6ccccc6cc5c4c3)cccc1C21c2ccccc2-c2ccccc21. The molecule has 252 valence electrons. The van der Waals surface area contributed by atoms with E-state index in [0.29, 0.717) is 0 Å². The molecule has 0 amide bonds. The summed E-state index contributed by atoms with van der Waals surface area (Å²) in [5, 5.41) is 7.69. The molecule has 54 heavy (non-hydrogen) atoms. The molecule has 0 atom stereocenters. The number of hydrogen-bond donors (Lipinski definition) is 0. The highest BCUT2D eigenvalue weighted by molar-refractivity contribution is 7.26. The van der Waals surface area contributed by atoms with Gasteiger partial charge in [-0.05, 0) is 102 Å². The van der Waals surface area contributed by atoms with Gasteiger partial charge in [0.05, 0.1) is 5.41 Å². The lowest BCUT2D eigenvalue weighted by molar-refractivity contribution is 0.431. The van der Waals surface area contributed by atoms with Crippen molar-refractivity contribution in [3.63, 3.8) is 0 Å². The number of benzene rings is 9. The third kappa shape index (κ3) is 4.15. The van der Waals surface area contributed by atoms with E-state index in [1.54, 1.807) is 0 Å². The molecule has 10 aromatic rings. The summed E-state index contributed by atoms with van der Waals surface area (Å²) in [5.74, 6) is 1.89. The Labute approximate surface area is 317 Å². The first kappa shape index (κ1) is 30.0. The standard InChI is InChI=1S/C52H32OS/c1-2-13-34-29-37(25-24-33(34)12-1)41-27-32(28-43-42-30-35-14-3-4-15-36(35)31-49(42)54-51(41)43)26-38-16-11-22-47-50(38)53-48-23-10-9-21-46(48)52(47)44-19-7-5-17-39(44)40-18-6-8-20-45(40)52/h1-25,27-31H,26H2. The molecule has 0 radical (unpaired) electrons. The van der Waals surface area contributed by atoms with Crippen molar-refractivity contribution in [2.75, 3.05) is 0 Å². The van der Waals surface area contributed by atoms with Crippen LogP contribution in [0.1, 0.15) is 33.4 Å². The van der Waals surface area contributed by atoms with Gasteiger partial charge in [0.2, 0.25) is 0 Å². The van der Waals surface area contributed by atoms with Gasteiger partial charge in [-0.2, -0.15) is 0 Å². The van der Waals surface area contributed by atoms with E-state index in [9.17, 15) is 0 Å². The molecule has 1 aliphatic heterocycles. The number of fused-ring (bicyclic) bond motifs is 14. The van der Waals surface area contributed by atoms with Crippen LogP contribution in [-0.4, -0.2) is 0 Å². The van der Waals surface area contributed by atoms with Gasteiger partial charge in [0, 0.05) is 37.7 Å². The molecule has 0 fully saturated rings. The lowest BCUT2D eigenvalue weighted by Gasteiger charge is -2.40. The van der Waals surface area contributed by atoms with Gasteiger partial charge >= 0.3 is 0 Å². The fraction of sp³-hybridized carbons (Fsp3) is 0.0385. The van der Waals surface area contributed by atoms with Gasteiger partial charge in [0.25, 0.3) is 0 Å². The predicted molar refractivity (Wildman–Crippen MR) is 226 cm³/mol. The summed E-state index contributed by atoms with van der Waals surface area (Å²) in [4.78, 5) is 0. The van der Waals surface area contributed by atoms with Crippen LogP contribution in [0.4, 0.5) is 0 Å². The summed E-state index contributed by atoms with van der Waals surface area (Å²) >= 11 is 1.91.